The molecule has 0 bridgehead atoms. The van der Waals surface area contributed by atoms with Gasteiger partial charge in [0.25, 0.3) is 0 Å². The summed E-state index contributed by atoms with van der Waals surface area (Å²) in [7, 11) is 0. The van der Waals surface area contributed by atoms with E-state index < -0.39 is 0 Å². The van der Waals surface area contributed by atoms with E-state index >= 15 is 0 Å². The maximum absolute atomic E-state index is 9.55. The second-order valence-electron chi connectivity index (χ2n) is 6.60. The van der Waals surface area contributed by atoms with Crippen LogP contribution in [-0.2, 0) is 0 Å². The highest BCUT2D eigenvalue weighted by molar-refractivity contribution is 5.49. The van der Waals surface area contributed by atoms with E-state index in [1.807, 2.05) is 48.5 Å². The van der Waals surface area contributed by atoms with Gasteiger partial charge in [-0.15, -0.1) is 5.10 Å². The summed E-state index contributed by atoms with van der Waals surface area (Å²) in [4.78, 5) is 4.64. The minimum Gasteiger partial charge on any atom is -0.368 e. The summed E-state index contributed by atoms with van der Waals surface area (Å²) in [5.74, 6) is 0.485. The third-order valence-corrected chi connectivity index (χ3v) is 4.95. The highest BCUT2D eigenvalue weighted by Gasteiger charge is 2.20. The summed E-state index contributed by atoms with van der Waals surface area (Å²) in [6.07, 6.45) is 0. The fourth-order valence-corrected chi connectivity index (χ4v) is 3.45. The topological polar surface area (TPSA) is 56.1 Å². The lowest BCUT2D eigenvalue weighted by Crippen LogP contribution is -2.46. The SMILES string of the molecule is N#CC(c1ccccc1)c1ccc(N2CCN(c3ccccc3)CC2)nn1. The van der Waals surface area contributed by atoms with Crippen LogP contribution in [0.3, 0.4) is 0 Å². The first-order valence-electron chi connectivity index (χ1n) is 9.18. The van der Waals surface area contributed by atoms with Crippen molar-refractivity contribution < 1.29 is 0 Å². The lowest BCUT2D eigenvalue weighted by molar-refractivity contribution is 0.642. The molecule has 0 aliphatic carbocycles. The molecule has 5 nitrogen and oxygen atoms in total. The zero-order valence-corrected chi connectivity index (χ0v) is 15.1. The van der Waals surface area contributed by atoms with Gasteiger partial charge in [-0.3, -0.25) is 0 Å². The van der Waals surface area contributed by atoms with Gasteiger partial charge < -0.3 is 9.80 Å². The van der Waals surface area contributed by atoms with E-state index in [2.05, 4.69) is 50.3 Å². The quantitative estimate of drug-likeness (QED) is 0.717. The van der Waals surface area contributed by atoms with Gasteiger partial charge in [-0.2, -0.15) is 10.4 Å². The largest absolute Gasteiger partial charge is 0.368 e. The average molecular weight is 355 g/mol. The first-order chi connectivity index (χ1) is 13.3. The molecule has 1 saturated heterocycles. The van der Waals surface area contributed by atoms with Crippen molar-refractivity contribution in [2.75, 3.05) is 36.0 Å². The van der Waals surface area contributed by atoms with Crippen LogP contribution in [0.4, 0.5) is 11.5 Å². The number of piperazine rings is 1. The zero-order chi connectivity index (χ0) is 18.5. The van der Waals surface area contributed by atoms with Crippen molar-refractivity contribution in [3.63, 3.8) is 0 Å². The summed E-state index contributed by atoms with van der Waals surface area (Å²) < 4.78 is 0. The Morgan fingerprint density at radius 3 is 1.96 bits per heavy atom. The Balaban J connectivity index is 1.43. The van der Waals surface area contributed by atoms with Crippen LogP contribution in [0.25, 0.3) is 0 Å². The molecule has 1 fully saturated rings. The van der Waals surface area contributed by atoms with E-state index in [4.69, 9.17) is 0 Å². The van der Waals surface area contributed by atoms with Crippen LogP contribution < -0.4 is 9.80 Å². The molecule has 0 spiro atoms. The van der Waals surface area contributed by atoms with Crippen molar-refractivity contribution in [3.05, 3.63) is 84.1 Å². The number of nitrogens with zero attached hydrogens (tertiary/aromatic N) is 5. The molecule has 2 heterocycles. The highest BCUT2D eigenvalue weighted by Crippen LogP contribution is 2.23. The molecule has 5 heteroatoms. The number of aromatic nitrogens is 2. The van der Waals surface area contributed by atoms with Gasteiger partial charge in [-0.05, 0) is 29.8 Å². The Hall–Kier alpha value is -3.39. The van der Waals surface area contributed by atoms with Gasteiger partial charge in [-0.1, -0.05) is 48.5 Å². The van der Waals surface area contributed by atoms with Crippen LogP contribution in [0.2, 0.25) is 0 Å². The normalized spacial score (nSPS) is 15.2. The zero-order valence-electron chi connectivity index (χ0n) is 15.1. The Bertz CT molecular complexity index is 895. The van der Waals surface area contributed by atoms with Crippen molar-refractivity contribution in [1.29, 1.82) is 5.26 Å². The van der Waals surface area contributed by atoms with Crippen LogP contribution >= 0.6 is 0 Å². The number of benzene rings is 2. The minimum absolute atomic E-state index is 0.386. The van der Waals surface area contributed by atoms with Gasteiger partial charge in [0.05, 0.1) is 11.8 Å². The molecule has 0 saturated carbocycles. The Kier molecular flexibility index (Phi) is 4.97. The summed E-state index contributed by atoms with van der Waals surface area (Å²) in [6.45, 7) is 3.73. The molecule has 1 unspecified atom stereocenters. The molecule has 3 aromatic rings. The van der Waals surface area contributed by atoms with Crippen LogP contribution in [0.15, 0.2) is 72.8 Å². The van der Waals surface area contributed by atoms with Crippen molar-refractivity contribution in [2.45, 2.75) is 5.92 Å². The lowest BCUT2D eigenvalue weighted by atomic mass is 9.97. The standard InChI is InChI=1S/C22H21N5/c23-17-20(18-7-3-1-4-8-18)21-11-12-22(25-24-21)27-15-13-26(14-16-27)19-9-5-2-6-10-19/h1-12,20H,13-16H2. The smallest absolute Gasteiger partial charge is 0.151 e. The predicted octanol–water partition coefficient (Wildman–Crippen LogP) is 3.46. The van der Waals surface area contributed by atoms with Crippen LogP contribution in [-0.4, -0.2) is 36.4 Å². The molecule has 27 heavy (non-hydrogen) atoms. The van der Waals surface area contributed by atoms with Crippen molar-refractivity contribution in [2.24, 2.45) is 0 Å². The van der Waals surface area contributed by atoms with Crippen molar-refractivity contribution in [1.82, 2.24) is 10.2 Å². The first-order valence-corrected chi connectivity index (χ1v) is 9.18. The van der Waals surface area contributed by atoms with Crippen molar-refractivity contribution in [3.8, 4) is 6.07 Å². The molecule has 1 aliphatic rings. The number of anilines is 2. The number of nitriles is 1. The average Bonchev–Trinajstić information content (AvgIpc) is 2.76. The predicted molar refractivity (Wildman–Crippen MR) is 107 cm³/mol. The number of para-hydroxylation sites is 1. The third kappa shape index (κ3) is 3.75. The van der Waals surface area contributed by atoms with Crippen LogP contribution in [0.1, 0.15) is 17.2 Å². The fraction of sp³-hybridized carbons (Fsp3) is 0.227. The maximum atomic E-state index is 9.55. The Labute approximate surface area is 159 Å². The summed E-state index contributed by atoms with van der Waals surface area (Å²) >= 11 is 0. The van der Waals surface area contributed by atoms with E-state index in [0.717, 1.165) is 37.6 Å². The van der Waals surface area contributed by atoms with E-state index in [1.165, 1.54) is 5.69 Å². The Morgan fingerprint density at radius 1 is 0.741 bits per heavy atom. The molecule has 4 rings (SSSR count). The number of rotatable bonds is 4. The monoisotopic (exact) mass is 355 g/mol. The van der Waals surface area contributed by atoms with Crippen LogP contribution in [0.5, 0.6) is 0 Å². The molecular formula is C22H21N5. The van der Waals surface area contributed by atoms with Gasteiger partial charge >= 0.3 is 0 Å². The van der Waals surface area contributed by atoms with E-state index in [9.17, 15) is 5.26 Å². The first kappa shape index (κ1) is 17.0. The molecule has 1 aliphatic heterocycles. The molecule has 0 radical (unpaired) electrons. The van der Waals surface area contributed by atoms with E-state index in [0.29, 0.717) is 5.69 Å². The van der Waals surface area contributed by atoms with E-state index in [1.54, 1.807) is 0 Å². The fourth-order valence-electron chi connectivity index (χ4n) is 3.45. The molecule has 1 aromatic heterocycles. The molecule has 134 valence electrons. The molecule has 0 amide bonds. The third-order valence-electron chi connectivity index (χ3n) is 4.95. The second kappa shape index (κ2) is 7.88. The molecular weight excluding hydrogens is 334 g/mol. The molecule has 0 N–H and O–H groups in total. The number of hydrogen-bond acceptors (Lipinski definition) is 5. The van der Waals surface area contributed by atoms with Gasteiger partial charge in [0.2, 0.25) is 0 Å². The summed E-state index contributed by atoms with van der Waals surface area (Å²) in [5.41, 5.74) is 2.90. The molecule has 2 aromatic carbocycles. The second-order valence-corrected chi connectivity index (χ2v) is 6.60. The van der Waals surface area contributed by atoms with Gasteiger partial charge in [0.15, 0.2) is 5.82 Å². The lowest BCUT2D eigenvalue weighted by Gasteiger charge is -2.36. The van der Waals surface area contributed by atoms with Gasteiger partial charge in [-0.25, -0.2) is 0 Å². The Morgan fingerprint density at radius 2 is 1.37 bits per heavy atom. The van der Waals surface area contributed by atoms with Gasteiger partial charge in [0, 0.05) is 31.9 Å². The summed E-state index contributed by atoms with van der Waals surface area (Å²) in [5, 5.41) is 18.3. The number of hydrogen-bond donors (Lipinski definition) is 0. The summed E-state index contributed by atoms with van der Waals surface area (Å²) in [6, 6.07) is 26.4. The van der Waals surface area contributed by atoms with E-state index in [-0.39, 0.29) is 5.92 Å². The minimum atomic E-state index is -0.386. The maximum Gasteiger partial charge on any atom is 0.151 e. The molecule has 1 atom stereocenters. The van der Waals surface area contributed by atoms with Gasteiger partial charge in [0.1, 0.15) is 5.92 Å². The highest BCUT2D eigenvalue weighted by atomic mass is 15.3. The van der Waals surface area contributed by atoms with Crippen LogP contribution in [0, 0.1) is 11.3 Å². The van der Waals surface area contributed by atoms with Crippen molar-refractivity contribution >= 4 is 11.5 Å².